The Morgan fingerprint density at radius 3 is 2.92 bits per heavy atom. The van der Waals surface area contributed by atoms with E-state index >= 15 is 0 Å². The third-order valence-electron chi connectivity index (χ3n) is 2.09. The summed E-state index contributed by atoms with van der Waals surface area (Å²) in [6.07, 6.45) is 0. The molecule has 0 amide bonds. The van der Waals surface area contributed by atoms with Crippen LogP contribution in [-0.2, 0) is 0 Å². The molecule has 0 bridgehead atoms. The van der Waals surface area contributed by atoms with Gasteiger partial charge in [-0.15, -0.1) is 0 Å². The molecule has 70 valence electrons. The van der Waals surface area contributed by atoms with Crippen LogP contribution in [0.3, 0.4) is 0 Å². The molecule has 4 N–H and O–H groups in total. The molecule has 5 heteroatoms. The molecular weight excluding hydrogens is 189 g/mol. The molecule has 0 saturated heterocycles. The molecule has 1 aliphatic heterocycles. The minimum Gasteiger partial charge on any atom is -0.396 e. The second-order valence-corrected chi connectivity index (χ2v) is 4.12. The zero-order valence-corrected chi connectivity index (χ0v) is 7.94. The van der Waals surface area contributed by atoms with Gasteiger partial charge in [-0.3, -0.25) is 0 Å². The summed E-state index contributed by atoms with van der Waals surface area (Å²) in [5.41, 5.74) is 12.0. The van der Waals surface area contributed by atoms with Gasteiger partial charge in [-0.2, -0.15) is 0 Å². The lowest BCUT2D eigenvalue weighted by Gasteiger charge is -2.16. The number of anilines is 2. The van der Waals surface area contributed by atoms with Crippen molar-refractivity contribution in [2.75, 3.05) is 17.7 Å². The standard InChI is InChI=1S/C8H10FN3S/c1-12-6-2-4(9)5(10)3-7(6)13-8(12)11/h2-3,8H,10-11H2,1H3. The van der Waals surface area contributed by atoms with Crippen molar-refractivity contribution >= 4 is 23.1 Å². The highest BCUT2D eigenvalue weighted by molar-refractivity contribution is 8.00. The fraction of sp³-hybridized carbons (Fsp3) is 0.250. The van der Waals surface area contributed by atoms with Gasteiger partial charge >= 0.3 is 0 Å². The Labute approximate surface area is 79.9 Å². The summed E-state index contributed by atoms with van der Waals surface area (Å²) in [5.74, 6) is -0.389. The molecular formula is C8H10FN3S. The molecule has 3 nitrogen and oxygen atoms in total. The lowest BCUT2D eigenvalue weighted by molar-refractivity contribution is 0.631. The molecule has 0 fully saturated rings. The van der Waals surface area contributed by atoms with Crippen molar-refractivity contribution in [3.63, 3.8) is 0 Å². The zero-order chi connectivity index (χ0) is 9.59. The molecule has 1 aromatic carbocycles. The third kappa shape index (κ3) is 1.24. The topological polar surface area (TPSA) is 55.3 Å². The van der Waals surface area contributed by atoms with E-state index < -0.39 is 0 Å². The van der Waals surface area contributed by atoms with Gasteiger partial charge in [0.05, 0.1) is 11.4 Å². The first-order valence-corrected chi connectivity index (χ1v) is 4.71. The van der Waals surface area contributed by atoms with E-state index in [0.717, 1.165) is 10.6 Å². The second kappa shape index (κ2) is 2.78. The molecule has 13 heavy (non-hydrogen) atoms. The van der Waals surface area contributed by atoms with Crippen LogP contribution in [0.5, 0.6) is 0 Å². The van der Waals surface area contributed by atoms with Crippen LogP contribution in [0.25, 0.3) is 0 Å². The normalized spacial score (nSPS) is 20.5. The van der Waals surface area contributed by atoms with Crippen molar-refractivity contribution in [1.29, 1.82) is 0 Å². The van der Waals surface area contributed by atoms with Gasteiger partial charge in [-0.05, 0) is 6.07 Å². The Balaban J connectivity index is 2.53. The Bertz CT molecular complexity index is 355. The molecule has 1 unspecified atom stereocenters. The summed E-state index contributed by atoms with van der Waals surface area (Å²) in [6.45, 7) is 0. The van der Waals surface area contributed by atoms with Gasteiger partial charge in [0.2, 0.25) is 0 Å². The second-order valence-electron chi connectivity index (χ2n) is 2.96. The monoisotopic (exact) mass is 199 g/mol. The van der Waals surface area contributed by atoms with Gasteiger partial charge in [0, 0.05) is 18.0 Å². The van der Waals surface area contributed by atoms with E-state index in [9.17, 15) is 4.39 Å². The highest BCUT2D eigenvalue weighted by Crippen LogP contribution is 2.42. The van der Waals surface area contributed by atoms with Crippen LogP contribution in [-0.4, -0.2) is 12.5 Å². The zero-order valence-electron chi connectivity index (χ0n) is 7.12. The van der Waals surface area contributed by atoms with Crippen LogP contribution in [0.15, 0.2) is 17.0 Å². The molecule has 0 aromatic heterocycles. The number of rotatable bonds is 0. The van der Waals surface area contributed by atoms with Gasteiger partial charge in [0.15, 0.2) is 0 Å². The minimum absolute atomic E-state index is 0.142. The van der Waals surface area contributed by atoms with E-state index in [0.29, 0.717) is 0 Å². The summed E-state index contributed by atoms with van der Waals surface area (Å²) in [4.78, 5) is 2.76. The van der Waals surface area contributed by atoms with Crippen molar-refractivity contribution in [3.8, 4) is 0 Å². The van der Waals surface area contributed by atoms with Gasteiger partial charge in [-0.1, -0.05) is 11.8 Å². The summed E-state index contributed by atoms with van der Waals surface area (Å²) in [6, 6.07) is 3.04. The lowest BCUT2D eigenvalue weighted by atomic mass is 10.2. The van der Waals surface area contributed by atoms with E-state index in [-0.39, 0.29) is 17.0 Å². The third-order valence-corrected chi connectivity index (χ3v) is 3.23. The number of thioether (sulfide) groups is 1. The van der Waals surface area contributed by atoms with E-state index in [1.807, 2.05) is 11.9 Å². The summed E-state index contributed by atoms with van der Waals surface area (Å²) in [7, 11) is 1.83. The molecule has 0 spiro atoms. The molecule has 0 radical (unpaired) electrons. The van der Waals surface area contributed by atoms with Gasteiger partial charge in [0.25, 0.3) is 0 Å². The van der Waals surface area contributed by atoms with E-state index in [1.54, 1.807) is 6.07 Å². The fourth-order valence-electron chi connectivity index (χ4n) is 1.27. The lowest BCUT2D eigenvalue weighted by Crippen LogP contribution is -2.32. The molecule has 0 aliphatic carbocycles. The average Bonchev–Trinajstić information content (AvgIpc) is 2.32. The average molecular weight is 199 g/mol. The van der Waals surface area contributed by atoms with Crippen molar-refractivity contribution in [2.45, 2.75) is 10.4 Å². The smallest absolute Gasteiger partial charge is 0.148 e. The SMILES string of the molecule is CN1c2cc(F)c(N)cc2SC1N. The Morgan fingerprint density at radius 1 is 1.54 bits per heavy atom. The maximum absolute atomic E-state index is 13.1. The first-order chi connectivity index (χ1) is 6.09. The van der Waals surface area contributed by atoms with Gasteiger partial charge in [0.1, 0.15) is 11.3 Å². The first kappa shape index (κ1) is 8.65. The summed E-state index contributed by atoms with van der Waals surface area (Å²) in [5, 5.41) is 0. The predicted molar refractivity (Wildman–Crippen MR) is 53.0 cm³/mol. The number of benzene rings is 1. The fourth-order valence-corrected chi connectivity index (χ4v) is 2.33. The van der Waals surface area contributed by atoms with E-state index in [1.165, 1.54) is 17.8 Å². The molecule has 1 aliphatic rings. The molecule has 1 heterocycles. The van der Waals surface area contributed by atoms with Gasteiger partial charge < -0.3 is 16.4 Å². The largest absolute Gasteiger partial charge is 0.396 e. The van der Waals surface area contributed by atoms with Crippen LogP contribution in [0.1, 0.15) is 0 Å². The Morgan fingerprint density at radius 2 is 2.23 bits per heavy atom. The predicted octanol–water partition coefficient (Wildman–Crippen LogP) is 1.19. The Hall–Kier alpha value is -0.940. The number of nitrogens with zero attached hydrogens (tertiary/aromatic N) is 1. The molecule has 1 aromatic rings. The number of halogens is 1. The maximum Gasteiger partial charge on any atom is 0.148 e. The first-order valence-electron chi connectivity index (χ1n) is 3.83. The molecule has 0 saturated carbocycles. The van der Waals surface area contributed by atoms with Gasteiger partial charge in [-0.25, -0.2) is 4.39 Å². The van der Waals surface area contributed by atoms with Crippen LogP contribution in [0.4, 0.5) is 15.8 Å². The van der Waals surface area contributed by atoms with Crippen LogP contribution >= 0.6 is 11.8 Å². The molecule has 2 rings (SSSR count). The number of fused-ring (bicyclic) bond motifs is 1. The minimum atomic E-state index is -0.389. The van der Waals surface area contributed by atoms with Crippen molar-refractivity contribution in [1.82, 2.24) is 0 Å². The highest BCUT2D eigenvalue weighted by atomic mass is 32.2. The van der Waals surface area contributed by atoms with Crippen LogP contribution in [0, 0.1) is 5.82 Å². The Kier molecular flexibility index (Phi) is 1.85. The number of nitrogen functional groups attached to an aromatic ring is 1. The van der Waals surface area contributed by atoms with Crippen molar-refractivity contribution in [2.24, 2.45) is 5.73 Å². The highest BCUT2D eigenvalue weighted by Gasteiger charge is 2.25. The van der Waals surface area contributed by atoms with Crippen molar-refractivity contribution in [3.05, 3.63) is 17.9 Å². The number of nitrogens with two attached hydrogens (primary N) is 2. The molecule has 1 atom stereocenters. The summed E-state index contributed by atoms with van der Waals surface area (Å²) >= 11 is 1.48. The quantitative estimate of drug-likeness (QED) is 0.616. The van der Waals surface area contributed by atoms with Crippen LogP contribution in [0.2, 0.25) is 0 Å². The van der Waals surface area contributed by atoms with E-state index in [2.05, 4.69) is 0 Å². The van der Waals surface area contributed by atoms with E-state index in [4.69, 9.17) is 11.5 Å². The maximum atomic E-state index is 13.1. The number of hydrogen-bond donors (Lipinski definition) is 2. The number of hydrogen-bond acceptors (Lipinski definition) is 4. The van der Waals surface area contributed by atoms with Crippen LogP contribution < -0.4 is 16.4 Å². The van der Waals surface area contributed by atoms with Crippen molar-refractivity contribution < 1.29 is 4.39 Å². The summed E-state index contributed by atoms with van der Waals surface area (Å²) < 4.78 is 13.1.